The second kappa shape index (κ2) is 10.1. The number of ether oxygens (including phenoxy) is 1. The van der Waals surface area contributed by atoms with E-state index in [0.29, 0.717) is 28.9 Å². The quantitative estimate of drug-likeness (QED) is 0.652. The summed E-state index contributed by atoms with van der Waals surface area (Å²) < 4.78 is 5.51. The Morgan fingerprint density at radius 3 is 2.39 bits per heavy atom. The average Bonchev–Trinajstić information content (AvgIpc) is 3.07. The molecule has 3 atom stereocenters. The summed E-state index contributed by atoms with van der Waals surface area (Å²) in [6.45, 7) is 8.49. The Hall–Kier alpha value is -2.61. The van der Waals surface area contributed by atoms with Crippen molar-refractivity contribution in [1.29, 1.82) is 0 Å². The largest absolute Gasteiger partial charge is 0.492 e. The highest BCUT2D eigenvalue weighted by Crippen LogP contribution is 2.43. The monoisotopic (exact) mass is 471 g/mol. The maximum atomic E-state index is 13.3. The van der Waals surface area contributed by atoms with Crippen LogP contribution in [0.4, 0.5) is 0 Å². The summed E-state index contributed by atoms with van der Waals surface area (Å²) in [5.74, 6) is 0.969. The van der Waals surface area contributed by atoms with Crippen molar-refractivity contribution in [2.24, 2.45) is 5.92 Å². The standard InChI is InChI=1S/C24H28ClN3O2.CH2O2/c1-2-30-21-9-8-17(12-20(21)25)23(29)26-22-18-13-27-10-11-28(14-18)16-24(22,15-27)19-6-4-3-5-7-19;2-1-3/h3-9,12,18,22H,2,10-11,13-16H2,1H3,(H,26,29);1H,(H,2,3). The zero-order chi connectivity index (χ0) is 23.4. The molecular formula is C25H30ClN3O4. The lowest BCUT2D eigenvalue weighted by atomic mass is 9.64. The van der Waals surface area contributed by atoms with Crippen LogP contribution in [0.15, 0.2) is 48.5 Å². The molecule has 3 unspecified atom stereocenters. The summed E-state index contributed by atoms with van der Waals surface area (Å²) in [6.07, 6.45) is 0. The van der Waals surface area contributed by atoms with Crippen LogP contribution in [0.25, 0.3) is 0 Å². The molecule has 4 aliphatic heterocycles. The molecule has 0 aromatic heterocycles. The highest BCUT2D eigenvalue weighted by atomic mass is 35.5. The number of rotatable bonds is 5. The van der Waals surface area contributed by atoms with E-state index in [0.717, 1.165) is 39.3 Å². The van der Waals surface area contributed by atoms with E-state index in [4.69, 9.17) is 26.2 Å². The number of hydrogen-bond acceptors (Lipinski definition) is 5. The van der Waals surface area contributed by atoms with Crippen LogP contribution in [-0.2, 0) is 10.2 Å². The van der Waals surface area contributed by atoms with E-state index in [1.165, 1.54) is 5.56 Å². The number of carboxylic acid groups (broad SMARTS) is 1. The first-order valence-corrected chi connectivity index (χ1v) is 11.7. The molecule has 0 radical (unpaired) electrons. The second-order valence-electron chi connectivity index (χ2n) is 8.89. The lowest BCUT2D eigenvalue weighted by Crippen LogP contribution is -2.70. The Bertz CT molecular complexity index is 971. The average molecular weight is 472 g/mol. The predicted octanol–water partition coefficient (Wildman–Crippen LogP) is 2.74. The van der Waals surface area contributed by atoms with E-state index in [1.54, 1.807) is 18.2 Å². The number of nitrogens with one attached hydrogen (secondary N) is 1. The van der Waals surface area contributed by atoms with Crippen LogP contribution in [0.2, 0.25) is 5.02 Å². The van der Waals surface area contributed by atoms with Gasteiger partial charge in [0, 0.05) is 62.2 Å². The number of amides is 1. The van der Waals surface area contributed by atoms with Gasteiger partial charge in [0.15, 0.2) is 0 Å². The number of hydrogen-bond donors (Lipinski definition) is 2. The van der Waals surface area contributed by atoms with Crippen molar-refractivity contribution >= 4 is 24.0 Å². The maximum Gasteiger partial charge on any atom is 0.290 e. The summed E-state index contributed by atoms with van der Waals surface area (Å²) in [5, 5.41) is 10.8. The van der Waals surface area contributed by atoms with Gasteiger partial charge in [-0.2, -0.15) is 0 Å². The van der Waals surface area contributed by atoms with Crippen molar-refractivity contribution in [3.05, 3.63) is 64.7 Å². The molecule has 7 nitrogen and oxygen atoms in total. The molecular weight excluding hydrogens is 442 g/mol. The van der Waals surface area contributed by atoms with Gasteiger partial charge in [-0.3, -0.25) is 9.59 Å². The lowest BCUT2D eigenvalue weighted by molar-refractivity contribution is -0.122. The van der Waals surface area contributed by atoms with Crippen molar-refractivity contribution in [2.75, 3.05) is 45.9 Å². The highest BCUT2D eigenvalue weighted by molar-refractivity contribution is 6.32. The minimum atomic E-state index is -0.250. The molecule has 0 saturated carbocycles. The minimum Gasteiger partial charge on any atom is -0.492 e. The fourth-order valence-corrected chi connectivity index (χ4v) is 5.94. The number of fused-ring (bicyclic) bond motifs is 1. The molecule has 33 heavy (non-hydrogen) atoms. The third-order valence-electron chi connectivity index (χ3n) is 6.93. The van der Waals surface area contributed by atoms with E-state index in [9.17, 15) is 4.79 Å². The van der Waals surface area contributed by atoms with Crippen LogP contribution in [0.5, 0.6) is 5.75 Å². The van der Waals surface area contributed by atoms with Crippen molar-refractivity contribution < 1.29 is 19.4 Å². The van der Waals surface area contributed by atoms with Gasteiger partial charge < -0.3 is 25.0 Å². The smallest absolute Gasteiger partial charge is 0.290 e. The fraction of sp³-hybridized carbons (Fsp3) is 0.440. The zero-order valence-electron chi connectivity index (χ0n) is 18.7. The summed E-state index contributed by atoms with van der Waals surface area (Å²) in [4.78, 5) is 26.8. The van der Waals surface area contributed by atoms with Gasteiger partial charge in [0.25, 0.3) is 12.4 Å². The number of carbonyl (C=O) groups excluding carboxylic acids is 1. The van der Waals surface area contributed by atoms with Crippen molar-refractivity contribution in [3.63, 3.8) is 0 Å². The Morgan fingerprint density at radius 2 is 1.82 bits per heavy atom. The summed E-state index contributed by atoms with van der Waals surface area (Å²) >= 11 is 6.34. The van der Waals surface area contributed by atoms with Crippen LogP contribution in [0.1, 0.15) is 22.8 Å². The van der Waals surface area contributed by atoms with Crippen molar-refractivity contribution in [1.82, 2.24) is 15.1 Å². The van der Waals surface area contributed by atoms with Crippen LogP contribution < -0.4 is 10.1 Å². The zero-order valence-corrected chi connectivity index (χ0v) is 19.5. The molecule has 4 saturated heterocycles. The first-order chi connectivity index (χ1) is 16.0. The molecule has 4 aliphatic rings. The minimum absolute atomic E-state index is 0.0589. The molecule has 0 spiro atoms. The van der Waals surface area contributed by atoms with Gasteiger partial charge in [-0.1, -0.05) is 41.9 Å². The molecule has 6 rings (SSSR count). The van der Waals surface area contributed by atoms with Crippen molar-refractivity contribution in [2.45, 2.75) is 18.4 Å². The van der Waals surface area contributed by atoms with E-state index in [2.05, 4.69) is 45.4 Å². The topological polar surface area (TPSA) is 82.1 Å². The molecule has 1 amide bonds. The number of halogens is 1. The molecule has 0 aliphatic carbocycles. The Labute approximate surface area is 199 Å². The number of carbonyl (C=O) groups is 2. The molecule has 8 heteroatoms. The maximum absolute atomic E-state index is 13.3. The van der Waals surface area contributed by atoms with Crippen LogP contribution in [0, 0.1) is 5.92 Å². The molecule has 2 N–H and O–H groups in total. The van der Waals surface area contributed by atoms with Crippen LogP contribution in [-0.4, -0.2) is 79.2 Å². The normalized spacial score (nSPS) is 29.4. The van der Waals surface area contributed by atoms with Crippen molar-refractivity contribution in [3.8, 4) is 5.75 Å². The van der Waals surface area contributed by atoms with E-state index in [-0.39, 0.29) is 23.8 Å². The number of piperidine rings is 2. The van der Waals surface area contributed by atoms with Gasteiger partial charge in [0.05, 0.1) is 11.6 Å². The van der Waals surface area contributed by atoms with Gasteiger partial charge in [-0.05, 0) is 30.7 Å². The SMILES string of the molecule is CCOc1ccc(C(=O)NC2C3CN4CCN(C3)CC2(c2ccccc2)C4)cc1Cl.O=CO. The summed E-state index contributed by atoms with van der Waals surface area (Å²) in [7, 11) is 0. The van der Waals surface area contributed by atoms with Gasteiger partial charge in [0.1, 0.15) is 5.75 Å². The van der Waals surface area contributed by atoms with Gasteiger partial charge in [0.2, 0.25) is 0 Å². The van der Waals surface area contributed by atoms with Gasteiger partial charge in [-0.25, -0.2) is 0 Å². The van der Waals surface area contributed by atoms with E-state index in [1.807, 2.05) is 6.92 Å². The molecule has 2 aromatic carbocycles. The third-order valence-corrected chi connectivity index (χ3v) is 7.22. The summed E-state index contributed by atoms with van der Waals surface area (Å²) in [6, 6.07) is 16.1. The van der Waals surface area contributed by atoms with Crippen LogP contribution in [0.3, 0.4) is 0 Å². The van der Waals surface area contributed by atoms with Gasteiger partial charge >= 0.3 is 0 Å². The fourth-order valence-electron chi connectivity index (χ4n) is 5.71. The molecule has 2 aromatic rings. The molecule has 176 valence electrons. The Kier molecular flexibility index (Phi) is 7.22. The summed E-state index contributed by atoms with van der Waals surface area (Å²) in [5.41, 5.74) is 1.81. The Morgan fingerprint density at radius 1 is 1.18 bits per heavy atom. The van der Waals surface area contributed by atoms with Gasteiger partial charge in [-0.15, -0.1) is 0 Å². The number of nitrogens with zero attached hydrogens (tertiary/aromatic N) is 2. The first-order valence-electron chi connectivity index (χ1n) is 11.3. The van der Waals surface area contributed by atoms with Crippen LogP contribution >= 0.6 is 11.6 Å². The first kappa shape index (κ1) is 23.5. The molecule has 4 fully saturated rings. The molecule has 4 bridgehead atoms. The van der Waals surface area contributed by atoms with E-state index < -0.39 is 0 Å². The predicted molar refractivity (Wildman–Crippen MR) is 127 cm³/mol. The third kappa shape index (κ3) is 4.71. The second-order valence-corrected chi connectivity index (χ2v) is 9.29. The molecule has 4 heterocycles. The Balaban J connectivity index is 0.000000821. The lowest BCUT2D eigenvalue weighted by Gasteiger charge is -2.55. The highest BCUT2D eigenvalue weighted by Gasteiger charge is 2.55. The number of benzene rings is 2. The van der Waals surface area contributed by atoms with E-state index >= 15 is 0 Å².